The number of aromatic hydroxyl groups is 3. The predicted molar refractivity (Wildman–Crippen MR) is 55.5 cm³/mol. The van der Waals surface area contributed by atoms with Gasteiger partial charge in [-0.15, -0.1) is 0 Å². The summed E-state index contributed by atoms with van der Waals surface area (Å²) in [6.45, 7) is 0. The Bertz CT molecular complexity index is 397. The van der Waals surface area contributed by atoms with E-state index in [0.29, 0.717) is 12.0 Å². The van der Waals surface area contributed by atoms with Crippen molar-refractivity contribution in [1.29, 1.82) is 0 Å². The van der Waals surface area contributed by atoms with Crippen LogP contribution >= 0.6 is 0 Å². The van der Waals surface area contributed by atoms with Crippen molar-refractivity contribution in [2.24, 2.45) is 0 Å². The first-order valence-electron chi connectivity index (χ1n) is 4.32. The second-order valence-electron chi connectivity index (χ2n) is 2.84. The molecule has 0 saturated carbocycles. The third-order valence-electron chi connectivity index (χ3n) is 1.55. The Morgan fingerprint density at radius 2 is 1.50 bits per heavy atom. The van der Waals surface area contributed by atoms with Gasteiger partial charge in [-0.25, -0.2) is 0 Å². The molecule has 2 rings (SSSR count). The van der Waals surface area contributed by atoms with Crippen LogP contribution in [-0.2, 0) is 0 Å². The van der Waals surface area contributed by atoms with Crippen LogP contribution < -0.4 is 0 Å². The van der Waals surface area contributed by atoms with Gasteiger partial charge in [-0.05, 0) is 12.1 Å². The second kappa shape index (κ2) is 5.45. The fourth-order valence-electron chi connectivity index (χ4n) is 0.938. The van der Waals surface area contributed by atoms with Gasteiger partial charge in [-0.2, -0.15) is 0 Å². The molecule has 3 N–H and O–H groups in total. The average molecular weight is 222 g/mol. The Kier molecular flexibility index (Phi) is 3.97. The molecule has 84 valence electrons. The number of carbonyl (C=O) groups is 1. The average Bonchev–Trinajstić information content (AvgIpc) is 2.68. The summed E-state index contributed by atoms with van der Waals surface area (Å²) in [4.78, 5) is 9.77. The molecule has 1 heterocycles. The largest absolute Gasteiger partial charge is 0.508 e. The summed E-state index contributed by atoms with van der Waals surface area (Å²) in [6.07, 6.45) is 2.13. The highest BCUT2D eigenvalue weighted by atomic mass is 16.3. The zero-order valence-electron chi connectivity index (χ0n) is 8.20. The van der Waals surface area contributed by atoms with Crippen molar-refractivity contribution in [3.05, 3.63) is 42.4 Å². The zero-order chi connectivity index (χ0) is 12.0. The second-order valence-corrected chi connectivity index (χ2v) is 2.84. The molecule has 5 heteroatoms. The van der Waals surface area contributed by atoms with E-state index in [2.05, 4.69) is 4.42 Å². The van der Waals surface area contributed by atoms with Crippen molar-refractivity contribution in [2.45, 2.75) is 0 Å². The van der Waals surface area contributed by atoms with Gasteiger partial charge in [0, 0.05) is 18.2 Å². The molecular weight excluding hydrogens is 212 g/mol. The summed E-state index contributed by atoms with van der Waals surface area (Å²) in [5.41, 5.74) is 0. The van der Waals surface area contributed by atoms with Crippen molar-refractivity contribution in [3.63, 3.8) is 0 Å². The maximum atomic E-state index is 9.77. The smallest absolute Gasteiger partial charge is 0.185 e. The minimum atomic E-state index is -0.146. The number of aldehydes is 1. The first kappa shape index (κ1) is 11.6. The SMILES string of the molecule is O=Cc1ccco1.Oc1cc(O)cc(O)c1. The number of benzene rings is 1. The molecule has 1 aromatic carbocycles. The lowest BCUT2D eigenvalue weighted by Crippen LogP contribution is -1.66. The monoisotopic (exact) mass is 222 g/mol. The number of carbonyl (C=O) groups excluding carboxylic acids is 1. The van der Waals surface area contributed by atoms with E-state index in [1.807, 2.05) is 0 Å². The molecular formula is C11H10O5. The van der Waals surface area contributed by atoms with Gasteiger partial charge in [0.1, 0.15) is 17.2 Å². The molecule has 5 nitrogen and oxygen atoms in total. The first-order valence-corrected chi connectivity index (χ1v) is 4.32. The molecule has 0 spiro atoms. The molecule has 16 heavy (non-hydrogen) atoms. The van der Waals surface area contributed by atoms with Crippen LogP contribution in [0.1, 0.15) is 10.6 Å². The van der Waals surface area contributed by atoms with Crippen molar-refractivity contribution < 1.29 is 24.5 Å². The molecule has 0 amide bonds. The van der Waals surface area contributed by atoms with E-state index in [9.17, 15) is 4.79 Å². The highest BCUT2D eigenvalue weighted by Crippen LogP contribution is 2.23. The fourth-order valence-corrected chi connectivity index (χ4v) is 0.938. The minimum Gasteiger partial charge on any atom is -0.508 e. The number of rotatable bonds is 1. The van der Waals surface area contributed by atoms with Gasteiger partial charge in [0.15, 0.2) is 12.0 Å². The van der Waals surface area contributed by atoms with Crippen LogP contribution in [0.3, 0.4) is 0 Å². The van der Waals surface area contributed by atoms with Gasteiger partial charge in [0.2, 0.25) is 0 Å². The summed E-state index contributed by atoms with van der Waals surface area (Å²) < 4.78 is 4.61. The maximum absolute atomic E-state index is 9.77. The number of phenolic OH excluding ortho intramolecular Hbond substituents is 3. The summed E-state index contributed by atoms with van der Waals surface area (Å²) in [6, 6.07) is 6.69. The molecule has 2 aromatic rings. The Morgan fingerprint density at radius 3 is 1.75 bits per heavy atom. The standard InChI is InChI=1S/C6H6O3.C5H4O2/c7-4-1-5(8)3-6(9)2-4;6-4-5-2-1-3-7-5/h1-3,7-9H;1-4H. The van der Waals surface area contributed by atoms with Crippen LogP contribution in [0.4, 0.5) is 0 Å². The Morgan fingerprint density at radius 1 is 1.00 bits per heavy atom. The third-order valence-corrected chi connectivity index (χ3v) is 1.55. The fraction of sp³-hybridized carbons (Fsp3) is 0. The molecule has 0 aliphatic heterocycles. The van der Waals surface area contributed by atoms with Crippen molar-refractivity contribution >= 4 is 6.29 Å². The van der Waals surface area contributed by atoms with E-state index in [4.69, 9.17) is 15.3 Å². The molecule has 0 fully saturated rings. The van der Waals surface area contributed by atoms with Gasteiger partial charge in [0.05, 0.1) is 6.26 Å². The quantitative estimate of drug-likeness (QED) is 0.641. The highest BCUT2D eigenvalue weighted by Gasteiger charge is 1.94. The van der Waals surface area contributed by atoms with Crippen LogP contribution in [0.25, 0.3) is 0 Å². The minimum absolute atomic E-state index is 0.146. The van der Waals surface area contributed by atoms with Gasteiger partial charge in [0.25, 0.3) is 0 Å². The normalized spacial score (nSPS) is 9.00. The number of hydrogen-bond acceptors (Lipinski definition) is 5. The lowest BCUT2D eigenvalue weighted by atomic mass is 10.3. The molecule has 1 aromatic heterocycles. The maximum Gasteiger partial charge on any atom is 0.185 e. The number of hydrogen-bond donors (Lipinski definition) is 3. The van der Waals surface area contributed by atoms with Gasteiger partial charge in [-0.1, -0.05) is 0 Å². The van der Waals surface area contributed by atoms with Crippen LogP contribution in [0.15, 0.2) is 41.0 Å². The Labute approximate surface area is 91.2 Å². The lowest BCUT2D eigenvalue weighted by Gasteiger charge is -1.94. The van der Waals surface area contributed by atoms with E-state index in [1.165, 1.54) is 6.26 Å². The van der Waals surface area contributed by atoms with Crippen molar-refractivity contribution in [2.75, 3.05) is 0 Å². The van der Waals surface area contributed by atoms with Gasteiger partial charge >= 0.3 is 0 Å². The Hall–Kier alpha value is -2.43. The number of furan rings is 1. The molecule has 0 unspecified atom stereocenters. The first-order chi connectivity index (χ1) is 7.61. The third kappa shape index (κ3) is 3.75. The van der Waals surface area contributed by atoms with Crippen molar-refractivity contribution in [1.82, 2.24) is 0 Å². The van der Waals surface area contributed by atoms with E-state index in [-0.39, 0.29) is 17.2 Å². The molecule has 0 aliphatic carbocycles. The Balaban J connectivity index is 0.000000165. The summed E-state index contributed by atoms with van der Waals surface area (Å²) in [5.74, 6) is -0.0625. The molecule has 0 atom stereocenters. The predicted octanol–water partition coefficient (Wildman–Crippen LogP) is 1.90. The zero-order valence-corrected chi connectivity index (χ0v) is 8.20. The van der Waals surface area contributed by atoms with Crippen LogP contribution in [0.5, 0.6) is 17.2 Å². The summed E-state index contributed by atoms with van der Waals surface area (Å²) >= 11 is 0. The van der Waals surface area contributed by atoms with E-state index in [0.717, 1.165) is 18.2 Å². The lowest BCUT2D eigenvalue weighted by molar-refractivity contribution is 0.110. The van der Waals surface area contributed by atoms with E-state index < -0.39 is 0 Å². The van der Waals surface area contributed by atoms with Crippen LogP contribution in [0.2, 0.25) is 0 Å². The summed E-state index contributed by atoms with van der Waals surface area (Å²) in [7, 11) is 0. The molecule has 0 aliphatic rings. The van der Waals surface area contributed by atoms with Crippen LogP contribution in [-0.4, -0.2) is 21.6 Å². The topological polar surface area (TPSA) is 90.9 Å². The van der Waals surface area contributed by atoms with Gasteiger partial charge < -0.3 is 19.7 Å². The van der Waals surface area contributed by atoms with Gasteiger partial charge in [-0.3, -0.25) is 4.79 Å². The highest BCUT2D eigenvalue weighted by molar-refractivity contribution is 5.69. The molecule has 0 bridgehead atoms. The molecule has 0 saturated heterocycles. The van der Waals surface area contributed by atoms with Crippen molar-refractivity contribution in [3.8, 4) is 17.2 Å². The number of phenols is 3. The van der Waals surface area contributed by atoms with Crippen LogP contribution in [0, 0.1) is 0 Å². The van der Waals surface area contributed by atoms with E-state index in [1.54, 1.807) is 12.1 Å². The molecule has 0 radical (unpaired) electrons. The van der Waals surface area contributed by atoms with E-state index >= 15 is 0 Å². The summed E-state index contributed by atoms with van der Waals surface area (Å²) in [5, 5.41) is 26.0.